The summed E-state index contributed by atoms with van der Waals surface area (Å²) < 4.78 is 0. The summed E-state index contributed by atoms with van der Waals surface area (Å²) in [7, 11) is 0. The van der Waals surface area contributed by atoms with Crippen molar-refractivity contribution in [2.45, 2.75) is 19.3 Å². The van der Waals surface area contributed by atoms with Crippen LogP contribution >= 0.6 is 0 Å². The SMILES string of the molecule is N#CC=C1CC(Cc2ccccc2)C1. The van der Waals surface area contributed by atoms with Gasteiger partial charge in [0.25, 0.3) is 0 Å². The summed E-state index contributed by atoms with van der Waals surface area (Å²) in [6.45, 7) is 0. The summed E-state index contributed by atoms with van der Waals surface area (Å²) in [6, 6.07) is 12.7. The fraction of sp³-hybridized carbons (Fsp3) is 0.308. The third kappa shape index (κ3) is 2.03. The van der Waals surface area contributed by atoms with Gasteiger partial charge in [0, 0.05) is 6.08 Å². The topological polar surface area (TPSA) is 23.8 Å². The molecule has 0 spiro atoms. The molecule has 0 unspecified atom stereocenters. The lowest BCUT2D eigenvalue weighted by atomic mass is 9.76. The van der Waals surface area contributed by atoms with E-state index in [9.17, 15) is 0 Å². The largest absolute Gasteiger partial charge is 0.193 e. The summed E-state index contributed by atoms with van der Waals surface area (Å²) in [6.07, 6.45) is 5.08. The first-order valence-electron chi connectivity index (χ1n) is 5.00. The van der Waals surface area contributed by atoms with Crippen molar-refractivity contribution in [3.63, 3.8) is 0 Å². The Kier molecular flexibility index (Phi) is 2.65. The van der Waals surface area contributed by atoms with Crippen molar-refractivity contribution in [1.29, 1.82) is 5.26 Å². The highest BCUT2D eigenvalue weighted by atomic mass is 14.3. The lowest BCUT2D eigenvalue weighted by Gasteiger charge is -2.28. The molecular formula is C13H13N. The van der Waals surface area contributed by atoms with E-state index in [-0.39, 0.29) is 0 Å². The average Bonchev–Trinajstić information content (AvgIpc) is 2.16. The molecule has 1 aromatic rings. The van der Waals surface area contributed by atoms with Gasteiger partial charge in [-0.05, 0) is 30.7 Å². The summed E-state index contributed by atoms with van der Waals surface area (Å²) >= 11 is 0. The molecule has 0 aliphatic heterocycles. The van der Waals surface area contributed by atoms with Gasteiger partial charge < -0.3 is 0 Å². The Hall–Kier alpha value is -1.55. The molecule has 0 atom stereocenters. The van der Waals surface area contributed by atoms with Crippen LogP contribution in [0.4, 0.5) is 0 Å². The number of nitrogens with zero attached hydrogens (tertiary/aromatic N) is 1. The van der Waals surface area contributed by atoms with Crippen LogP contribution in [-0.2, 0) is 6.42 Å². The van der Waals surface area contributed by atoms with E-state index in [2.05, 4.69) is 30.3 Å². The minimum absolute atomic E-state index is 0.761. The number of hydrogen-bond donors (Lipinski definition) is 0. The van der Waals surface area contributed by atoms with Crippen molar-refractivity contribution >= 4 is 0 Å². The second-order valence-electron chi connectivity index (χ2n) is 3.90. The Morgan fingerprint density at radius 2 is 2.00 bits per heavy atom. The molecule has 0 heterocycles. The molecule has 0 N–H and O–H groups in total. The van der Waals surface area contributed by atoms with Crippen molar-refractivity contribution in [3.8, 4) is 6.07 Å². The van der Waals surface area contributed by atoms with Gasteiger partial charge in [0.15, 0.2) is 0 Å². The average molecular weight is 183 g/mol. The van der Waals surface area contributed by atoms with Gasteiger partial charge in [0.2, 0.25) is 0 Å². The van der Waals surface area contributed by atoms with E-state index in [0.29, 0.717) is 0 Å². The summed E-state index contributed by atoms with van der Waals surface area (Å²) in [4.78, 5) is 0. The van der Waals surface area contributed by atoms with Gasteiger partial charge in [0.1, 0.15) is 0 Å². The van der Waals surface area contributed by atoms with Gasteiger partial charge in [-0.25, -0.2) is 0 Å². The molecule has 0 aromatic heterocycles. The van der Waals surface area contributed by atoms with E-state index in [1.165, 1.54) is 11.1 Å². The Bertz CT molecular complexity index is 362. The molecule has 0 bridgehead atoms. The van der Waals surface area contributed by atoms with Crippen LogP contribution in [0.3, 0.4) is 0 Å². The molecule has 1 heteroatoms. The van der Waals surface area contributed by atoms with E-state index in [4.69, 9.17) is 5.26 Å². The fourth-order valence-corrected chi connectivity index (χ4v) is 1.98. The minimum atomic E-state index is 0.761. The lowest BCUT2D eigenvalue weighted by molar-refractivity contribution is 0.416. The second kappa shape index (κ2) is 4.11. The van der Waals surface area contributed by atoms with Crippen LogP contribution in [-0.4, -0.2) is 0 Å². The summed E-state index contributed by atoms with van der Waals surface area (Å²) in [5.74, 6) is 0.761. The summed E-state index contributed by atoms with van der Waals surface area (Å²) in [5, 5.41) is 8.45. The summed E-state index contributed by atoms with van der Waals surface area (Å²) in [5.41, 5.74) is 2.72. The standard InChI is InChI=1S/C13H13N/c14-7-6-12-9-13(10-12)8-11-4-2-1-3-5-11/h1-6,13H,8-10H2. The maximum Gasteiger partial charge on any atom is 0.0911 e. The quantitative estimate of drug-likeness (QED) is 0.646. The van der Waals surface area contributed by atoms with E-state index in [1.807, 2.05) is 6.07 Å². The van der Waals surface area contributed by atoms with Gasteiger partial charge in [0.05, 0.1) is 6.07 Å². The molecule has 0 radical (unpaired) electrons. The Labute approximate surface area is 84.7 Å². The molecule has 1 fully saturated rings. The van der Waals surface area contributed by atoms with E-state index < -0.39 is 0 Å². The highest BCUT2D eigenvalue weighted by Crippen LogP contribution is 2.35. The van der Waals surface area contributed by atoms with Crippen molar-refractivity contribution in [2.75, 3.05) is 0 Å². The molecule has 1 nitrogen and oxygen atoms in total. The van der Waals surface area contributed by atoms with E-state index in [1.54, 1.807) is 6.08 Å². The van der Waals surface area contributed by atoms with Crippen molar-refractivity contribution in [1.82, 2.24) is 0 Å². The molecule has 2 rings (SSSR count). The molecule has 1 aliphatic carbocycles. The Morgan fingerprint density at radius 3 is 2.64 bits per heavy atom. The lowest BCUT2D eigenvalue weighted by Crippen LogP contribution is -2.17. The van der Waals surface area contributed by atoms with Crippen LogP contribution in [0.15, 0.2) is 42.0 Å². The molecule has 1 aliphatic rings. The molecule has 14 heavy (non-hydrogen) atoms. The van der Waals surface area contributed by atoms with Gasteiger partial charge >= 0.3 is 0 Å². The van der Waals surface area contributed by atoms with Gasteiger partial charge in [-0.1, -0.05) is 35.9 Å². The fourth-order valence-electron chi connectivity index (χ4n) is 1.98. The maximum atomic E-state index is 8.45. The first-order valence-corrected chi connectivity index (χ1v) is 5.00. The zero-order valence-electron chi connectivity index (χ0n) is 8.11. The van der Waals surface area contributed by atoms with Gasteiger partial charge in [-0.15, -0.1) is 0 Å². The van der Waals surface area contributed by atoms with Gasteiger partial charge in [-0.3, -0.25) is 0 Å². The normalized spacial score (nSPS) is 19.6. The first-order chi connectivity index (χ1) is 6.88. The molecule has 70 valence electrons. The molecule has 1 aromatic carbocycles. The smallest absolute Gasteiger partial charge is 0.0911 e. The van der Waals surface area contributed by atoms with Crippen LogP contribution in [0.2, 0.25) is 0 Å². The molecule has 1 saturated carbocycles. The highest BCUT2D eigenvalue weighted by molar-refractivity contribution is 5.23. The van der Waals surface area contributed by atoms with Crippen LogP contribution in [0, 0.1) is 17.2 Å². The predicted molar refractivity (Wildman–Crippen MR) is 56.6 cm³/mol. The van der Waals surface area contributed by atoms with Crippen molar-refractivity contribution in [3.05, 3.63) is 47.5 Å². The van der Waals surface area contributed by atoms with E-state index >= 15 is 0 Å². The number of nitriles is 1. The Morgan fingerprint density at radius 1 is 1.29 bits per heavy atom. The van der Waals surface area contributed by atoms with Crippen LogP contribution in [0.5, 0.6) is 0 Å². The van der Waals surface area contributed by atoms with Crippen molar-refractivity contribution in [2.24, 2.45) is 5.92 Å². The van der Waals surface area contributed by atoms with Crippen LogP contribution in [0.1, 0.15) is 18.4 Å². The second-order valence-corrected chi connectivity index (χ2v) is 3.90. The number of rotatable bonds is 2. The van der Waals surface area contributed by atoms with E-state index in [0.717, 1.165) is 25.2 Å². The monoisotopic (exact) mass is 183 g/mol. The zero-order valence-corrected chi connectivity index (χ0v) is 8.11. The molecule has 0 amide bonds. The number of hydrogen-bond acceptors (Lipinski definition) is 1. The van der Waals surface area contributed by atoms with Crippen LogP contribution < -0.4 is 0 Å². The van der Waals surface area contributed by atoms with Crippen molar-refractivity contribution < 1.29 is 0 Å². The highest BCUT2D eigenvalue weighted by Gasteiger charge is 2.22. The number of benzene rings is 1. The third-order valence-corrected chi connectivity index (χ3v) is 2.74. The predicted octanol–water partition coefficient (Wildman–Crippen LogP) is 3.09. The number of allylic oxidation sites excluding steroid dienone is 2. The first kappa shape index (κ1) is 9.02. The molecular weight excluding hydrogens is 170 g/mol. The minimum Gasteiger partial charge on any atom is -0.193 e. The molecule has 0 saturated heterocycles. The third-order valence-electron chi connectivity index (χ3n) is 2.74. The maximum absolute atomic E-state index is 8.45. The van der Waals surface area contributed by atoms with Gasteiger partial charge in [-0.2, -0.15) is 5.26 Å². The zero-order chi connectivity index (χ0) is 9.80. The Balaban J connectivity index is 1.86. The van der Waals surface area contributed by atoms with Crippen LogP contribution in [0.25, 0.3) is 0 Å².